The number of hydrogen-bond donors (Lipinski definition) is 1. The molecule has 1 unspecified atom stereocenters. The van der Waals surface area contributed by atoms with E-state index in [9.17, 15) is 5.11 Å². The van der Waals surface area contributed by atoms with E-state index in [1.807, 2.05) is 71.2 Å². The Kier molecular flexibility index (Phi) is 4.95. The largest absolute Gasteiger partial charge is 0.454 e. The number of benzene rings is 2. The van der Waals surface area contributed by atoms with Crippen LogP contribution >= 0.6 is 0 Å². The summed E-state index contributed by atoms with van der Waals surface area (Å²) in [7, 11) is 2.11. The molecule has 3 aromatic heterocycles. The molecular formula is C26H25N5O2. The third-order valence-corrected chi connectivity index (χ3v) is 6.43. The molecule has 0 aliphatic carbocycles. The number of para-hydroxylation sites is 1. The molecule has 2 aromatic carbocycles. The predicted octanol–water partition coefficient (Wildman–Crippen LogP) is 4.05. The maximum Gasteiger partial charge on any atom is 0.155 e. The van der Waals surface area contributed by atoms with E-state index in [0.717, 1.165) is 71.1 Å². The van der Waals surface area contributed by atoms with Crippen LogP contribution < -0.4 is 0 Å². The molecule has 166 valence electrons. The predicted molar refractivity (Wildman–Crippen MR) is 128 cm³/mol. The fourth-order valence-electron chi connectivity index (χ4n) is 4.41. The highest BCUT2D eigenvalue weighted by atomic mass is 16.3. The first kappa shape index (κ1) is 20.1. The molecule has 0 amide bonds. The summed E-state index contributed by atoms with van der Waals surface area (Å²) in [5.74, 6) is 0.735. The molecule has 0 bridgehead atoms. The molecule has 1 aliphatic heterocycles. The van der Waals surface area contributed by atoms with E-state index in [1.165, 1.54) is 0 Å². The van der Waals surface area contributed by atoms with Gasteiger partial charge in [0.05, 0.1) is 11.9 Å². The highest BCUT2D eigenvalue weighted by molar-refractivity contribution is 5.82. The Morgan fingerprint density at radius 3 is 2.52 bits per heavy atom. The average Bonchev–Trinajstić information content (AvgIpc) is 3.47. The van der Waals surface area contributed by atoms with Crippen LogP contribution in [0.2, 0.25) is 0 Å². The number of aromatic nitrogens is 3. The normalized spacial score (nSPS) is 16.5. The number of aliphatic hydroxyl groups excluding tert-OH is 1. The number of imidazole rings is 1. The lowest BCUT2D eigenvalue weighted by Crippen LogP contribution is -2.45. The first-order valence-corrected chi connectivity index (χ1v) is 11.2. The Labute approximate surface area is 191 Å². The van der Waals surface area contributed by atoms with Gasteiger partial charge in [-0.1, -0.05) is 42.5 Å². The van der Waals surface area contributed by atoms with Gasteiger partial charge in [-0.25, -0.2) is 9.50 Å². The summed E-state index contributed by atoms with van der Waals surface area (Å²) in [6.07, 6.45) is 1.20. The van der Waals surface area contributed by atoms with Crippen molar-refractivity contribution < 1.29 is 9.52 Å². The Morgan fingerprint density at radius 2 is 1.73 bits per heavy atom. The lowest BCUT2D eigenvalue weighted by atomic mass is 10.1. The van der Waals surface area contributed by atoms with Gasteiger partial charge in [0.2, 0.25) is 0 Å². The van der Waals surface area contributed by atoms with Crippen LogP contribution in [0.1, 0.15) is 11.8 Å². The van der Waals surface area contributed by atoms with Crippen LogP contribution in [0.5, 0.6) is 0 Å². The molecule has 6 rings (SSSR count). The summed E-state index contributed by atoms with van der Waals surface area (Å²) < 4.78 is 7.86. The van der Waals surface area contributed by atoms with Gasteiger partial charge in [0.25, 0.3) is 0 Å². The smallest absolute Gasteiger partial charge is 0.155 e. The van der Waals surface area contributed by atoms with Crippen molar-refractivity contribution in [3.63, 3.8) is 0 Å². The summed E-state index contributed by atoms with van der Waals surface area (Å²) in [5, 5.41) is 16.7. The third kappa shape index (κ3) is 3.70. The van der Waals surface area contributed by atoms with Gasteiger partial charge in [-0.3, -0.25) is 4.90 Å². The Balaban J connectivity index is 1.30. The molecule has 1 atom stereocenters. The van der Waals surface area contributed by atoms with Crippen molar-refractivity contribution in [2.24, 2.45) is 0 Å². The number of nitrogens with zero attached hydrogens (tertiary/aromatic N) is 5. The first-order valence-electron chi connectivity index (χ1n) is 11.2. The molecule has 1 saturated heterocycles. The van der Waals surface area contributed by atoms with E-state index < -0.39 is 6.23 Å². The number of likely N-dealkylation sites (N-methyl/N-ethyl adjacent to an activating group) is 1. The maximum absolute atomic E-state index is 10.8. The van der Waals surface area contributed by atoms with E-state index in [0.29, 0.717) is 0 Å². The quantitative estimate of drug-likeness (QED) is 0.456. The SMILES string of the molecule is CN1CCN(C(O)c2ccc(-c3ccc4ncc(-c5cc6ccccc6o5)n4n3)cc2)CC1. The van der Waals surface area contributed by atoms with Gasteiger partial charge < -0.3 is 14.4 Å². The van der Waals surface area contributed by atoms with E-state index in [1.54, 1.807) is 6.20 Å². The third-order valence-electron chi connectivity index (χ3n) is 6.43. The molecule has 4 heterocycles. The van der Waals surface area contributed by atoms with Gasteiger partial charge in [0.15, 0.2) is 11.4 Å². The Morgan fingerprint density at radius 1 is 0.939 bits per heavy atom. The number of fused-ring (bicyclic) bond motifs is 2. The highest BCUT2D eigenvalue weighted by Gasteiger charge is 2.22. The Hall–Kier alpha value is -3.52. The number of aliphatic hydroxyl groups is 1. The zero-order chi connectivity index (χ0) is 22.4. The number of hydrogen-bond acceptors (Lipinski definition) is 6. The Bertz CT molecular complexity index is 1380. The summed E-state index contributed by atoms with van der Waals surface area (Å²) in [6, 6.07) is 21.9. The number of furan rings is 1. The van der Waals surface area contributed by atoms with Crippen LogP contribution in [-0.2, 0) is 0 Å². The van der Waals surface area contributed by atoms with Gasteiger partial charge in [-0.05, 0) is 36.9 Å². The molecule has 1 N–H and O–H groups in total. The second kappa shape index (κ2) is 8.12. The zero-order valence-corrected chi connectivity index (χ0v) is 18.4. The van der Waals surface area contributed by atoms with Gasteiger partial charge in [0.1, 0.15) is 17.5 Å². The highest BCUT2D eigenvalue weighted by Crippen LogP contribution is 2.29. The summed E-state index contributed by atoms with van der Waals surface area (Å²) >= 11 is 0. The molecule has 0 spiro atoms. The summed E-state index contributed by atoms with van der Waals surface area (Å²) in [6.45, 7) is 3.67. The molecule has 1 fully saturated rings. The van der Waals surface area contributed by atoms with Crippen molar-refractivity contribution in [2.45, 2.75) is 6.23 Å². The minimum atomic E-state index is -0.587. The van der Waals surface area contributed by atoms with Gasteiger partial charge in [0, 0.05) is 37.1 Å². The lowest BCUT2D eigenvalue weighted by molar-refractivity contribution is -0.0232. The van der Waals surface area contributed by atoms with Gasteiger partial charge >= 0.3 is 0 Å². The molecular weight excluding hydrogens is 414 g/mol. The minimum Gasteiger partial charge on any atom is -0.454 e. The topological polar surface area (TPSA) is 70.0 Å². The average molecular weight is 440 g/mol. The van der Waals surface area contributed by atoms with E-state index in [4.69, 9.17) is 9.52 Å². The van der Waals surface area contributed by atoms with Crippen LogP contribution in [-0.4, -0.2) is 62.7 Å². The number of rotatable bonds is 4. The standard InChI is InChI=1S/C26H25N5O2/c1-29-12-14-30(15-13-29)26(32)19-8-6-18(7-9-19)21-10-11-25-27-17-22(31(25)28-21)24-16-20-4-2-3-5-23(20)33-24/h2-11,16-17,26,32H,12-15H2,1H3. The molecule has 7 nitrogen and oxygen atoms in total. The molecule has 33 heavy (non-hydrogen) atoms. The molecule has 1 aliphatic rings. The van der Waals surface area contributed by atoms with Crippen LogP contribution in [0.25, 0.3) is 39.3 Å². The van der Waals surface area contributed by atoms with Crippen LogP contribution in [0, 0.1) is 0 Å². The van der Waals surface area contributed by atoms with Gasteiger partial charge in [-0.15, -0.1) is 0 Å². The van der Waals surface area contributed by atoms with Crippen molar-refractivity contribution in [3.05, 3.63) is 78.5 Å². The van der Waals surface area contributed by atoms with Crippen molar-refractivity contribution in [1.82, 2.24) is 24.4 Å². The number of piperazine rings is 1. The van der Waals surface area contributed by atoms with Crippen molar-refractivity contribution >= 4 is 16.6 Å². The van der Waals surface area contributed by atoms with Gasteiger partial charge in [-0.2, -0.15) is 5.10 Å². The monoisotopic (exact) mass is 439 g/mol. The first-order chi connectivity index (χ1) is 16.2. The summed E-state index contributed by atoms with van der Waals surface area (Å²) in [4.78, 5) is 8.89. The molecule has 5 aromatic rings. The zero-order valence-electron chi connectivity index (χ0n) is 18.4. The van der Waals surface area contributed by atoms with Crippen LogP contribution in [0.15, 0.2) is 77.3 Å². The molecule has 0 radical (unpaired) electrons. The lowest BCUT2D eigenvalue weighted by Gasteiger charge is -2.35. The van der Waals surface area contributed by atoms with Crippen molar-refractivity contribution in [1.29, 1.82) is 0 Å². The van der Waals surface area contributed by atoms with Crippen LogP contribution in [0.3, 0.4) is 0 Å². The molecule has 7 heteroatoms. The van der Waals surface area contributed by atoms with E-state index in [2.05, 4.69) is 21.8 Å². The van der Waals surface area contributed by atoms with E-state index in [-0.39, 0.29) is 0 Å². The fraction of sp³-hybridized carbons (Fsp3) is 0.231. The molecule has 0 saturated carbocycles. The second-order valence-electron chi connectivity index (χ2n) is 8.62. The summed E-state index contributed by atoms with van der Waals surface area (Å²) in [5.41, 5.74) is 5.12. The maximum atomic E-state index is 10.8. The van der Waals surface area contributed by atoms with Crippen LogP contribution in [0.4, 0.5) is 0 Å². The fourth-order valence-corrected chi connectivity index (χ4v) is 4.41. The van der Waals surface area contributed by atoms with Crippen molar-refractivity contribution in [2.75, 3.05) is 33.2 Å². The van der Waals surface area contributed by atoms with Crippen molar-refractivity contribution in [3.8, 4) is 22.7 Å². The second-order valence-corrected chi connectivity index (χ2v) is 8.62. The minimum absolute atomic E-state index is 0.587. The van der Waals surface area contributed by atoms with E-state index >= 15 is 0 Å².